The van der Waals surface area contributed by atoms with Gasteiger partial charge in [-0.1, -0.05) is 11.6 Å². The number of aliphatic hydroxyl groups is 1. The summed E-state index contributed by atoms with van der Waals surface area (Å²) in [5.74, 6) is 0. The monoisotopic (exact) mass is 217 g/mol. The Balaban J connectivity index is 3.20. The van der Waals surface area contributed by atoms with Crippen molar-refractivity contribution in [3.63, 3.8) is 0 Å². The van der Waals surface area contributed by atoms with E-state index in [1.807, 2.05) is 0 Å². The molecule has 14 heavy (non-hydrogen) atoms. The molecule has 1 rings (SSSR count). The lowest BCUT2D eigenvalue weighted by Gasteiger charge is -2.09. The van der Waals surface area contributed by atoms with E-state index in [2.05, 4.69) is 4.98 Å². The van der Waals surface area contributed by atoms with Gasteiger partial charge in [-0.15, -0.1) is 0 Å². The van der Waals surface area contributed by atoms with Gasteiger partial charge in [0.15, 0.2) is 0 Å². The van der Waals surface area contributed by atoms with E-state index in [4.69, 9.17) is 22.4 Å². The number of aliphatic hydroxyl groups excluding tert-OH is 1. The van der Waals surface area contributed by atoms with Crippen LogP contribution in [0.15, 0.2) is 12.4 Å². The topological polar surface area (TPSA) is 102 Å². The molecule has 0 spiro atoms. The molecule has 0 saturated carbocycles. The number of nitrogens with two attached hydrogens (primary N) is 1. The molecule has 0 unspecified atom stereocenters. The summed E-state index contributed by atoms with van der Waals surface area (Å²) >= 11 is 5.70. The molecule has 0 bridgehead atoms. The second-order valence-electron chi connectivity index (χ2n) is 2.61. The fourth-order valence-corrected chi connectivity index (χ4v) is 1.24. The average molecular weight is 218 g/mol. The molecular formula is C7H8ClN3O3. The van der Waals surface area contributed by atoms with Crippen LogP contribution in [-0.4, -0.2) is 21.6 Å². The average Bonchev–Trinajstić information content (AvgIpc) is 2.16. The summed E-state index contributed by atoms with van der Waals surface area (Å²) in [6.45, 7) is -0.345. The first-order chi connectivity index (χ1) is 6.57. The number of nitrogens with zero attached hydrogens (tertiary/aromatic N) is 2. The van der Waals surface area contributed by atoms with E-state index in [0.717, 1.165) is 6.20 Å². The van der Waals surface area contributed by atoms with Crippen molar-refractivity contribution in [2.75, 3.05) is 6.61 Å². The van der Waals surface area contributed by atoms with Crippen molar-refractivity contribution in [3.8, 4) is 0 Å². The van der Waals surface area contributed by atoms with Crippen molar-refractivity contribution in [2.45, 2.75) is 6.04 Å². The molecule has 0 saturated heterocycles. The minimum atomic E-state index is -0.755. The zero-order valence-electron chi connectivity index (χ0n) is 7.05. The van der Waals surface area contributed by atoms with Gasteiger partial charge in [0.25, 0.3) is 0 Å². The van der Waals surface area contributed by atoms with Gasteiger partial charge in [0.05, 0.1) is 17.6 Å². The minimum absolute atomic E-state index is 0.0773. The summed E-state index contributed by atoms with van der Waals surface area (Å²) in [5, 5.41) is 19.1. The van der Waals surface area contributed by atoms with Crippen molar-refractivity contribution in [1.82, 2.24) is 4.98 Å². The summed E-state index contributed by atoms with van der Waals surface area (Å²) in [6.07, 6.45) is 2.34. The predicted molar refractivity (Wildman–Crippen MR) is 49.9 cm³/mol. The van der Waals surface area contributed by atoms with Crippen LogP contribution < -0.4 is 5.73 Å². The van der Waals surface area contributed by atoms with Crippen LogP contribution in [0.4, 0.5) is 5.69 Å². The standard InChI is InChI=1S/C7H8ClN3O3/c8-7-4(5(9)3-12)1-10-2-6(7)11(13)14/h1-2,5,12H,3,9H2/t5-/m1/s1. The van der Waals surface area contributed by atoms with Crippen LogP contribution >= 0.6 is 11.6 Å². The Morgan fingerprint density at radius 1 is 1.71 bits per heavy atom. The smallest absolute Gasteiger partial charge is 0.306 e. The Labute approximate surface area is 84.5 Å². The summed E-state index contributed by atoms with van der Waals surface area (Å²) < 4.78 is 0. The van der Waals surface area contributed by atoms with Crippen molar-refractivity contribution >= 4 is 17.3 Å². The van der Waals surface area contributed by atoms with Crippen LogP contribution in [0.1, 0.15) is 11.6 Å². The molecule has 1 heterocycles. The summed E-state index contributed by atoms with van der Waals surface area (Å²) in [5.41, 5.74) is 5.42. The van der Waals surface area contributed by atoms with Gasteiger partial charge in [0.1, 0.15) is 11.2 Å². The summed E-state index contributed by atoms with van der Waals surface area (Å²) in [6, 6.07) is -0.755. The third kappa shape index (κ3) is 1.98. The molecular weight excluding hydrogens is 210 g/mol. The summed E-state index contributed by atoms with van der Waals surface area (Å²) in [4.78, 5) is 13.4. The highest BCUT2D eigenvalue weighted by molar-refractivity contribution is 6.33. The van der Waals surface area contributed by atoms with Crippen LogP contribution in [0, 0.1) is 10.1 Å². The molecule has 0 aliphatic heterocycles. The highest BCUT2D eigenvalue weighted by Gasteiger charge is 2.19. The maximum absolute atomic E-state index is 10.5. The third-order valence-electron chi connectivity index (χ3n) is 1.68. The van der Waals surface area contributed by atoms with Crippen LogP contribution in [0.3, 0.4) is 0 Å². The molecule has 1 aromatic rings. The zero-order chi connectivity index (χ0) is 10.7. The molecule has 7 heteroatoms. The minimum Gasteiger partial charge on any atom is -0.394 e. The highest BCUT2D eigenvalue weighted by atomic mass is 35.5. The molecule has 1 aromatic heterocycles. The van der Waals surface area contributed by atoms with Gasteiger partial charge >= 0.3 is 5.69 Å². The predicted octanol–water partition coefficient (Wildman–Crippen LogP) is 0.635. The number of rotatable bonds is 3. The molecule has 0 aromatic carbocycles. The maximum Gasteiger partial charge on any atom is 0.306 e. The fourth-order valence-electron chi connectivity index (χ4n) is 0.934. The van der Waals surface area contributed by atoms with E-state index < -0.39 is 11.0 Å². The molecule has 0 amide bonds. The first kappa shape index (κ1) is 10.8. The molecule has 0 radical (unpaired) electrons. The van der Waals surface area contributed by atoms with E-state index in [-0.39, 0.29) is 22.9 Å². The molecule has 0 fully saturated rings. The highest BCUT2D eigenvalue weighted by Crippen LogP contribution is 2.29. The van der Waals surface area contributed by atoms with Crippen LogP contribution in [-0.2, 0) is 0 Å². The molecule has 0 aliphatic rings. The Kier molecular flexibility index (Phi) is 3.34. The Morgan fingerprint density at radius 3 is 2.86 bits per heavy atom. The van der Waals surface area contributed by atoms with E-state index in [0.29, 0.717) is 0 Å². The lowest BCUT2D eigenvalue weighted by molar-refractivity contribution is -0.385. The number of halogens is 1. The van der Waals surface area contributed by atoms with E-state index in [9.17, 15) is 10.1 Å². The quantitative estimate of drug-likeness (QED) is 0.571. The van der Waals surface area contributed by atoms with E-state index in [1.165, 1.54) is 6.20 Å². The van der Waals surface area contributed by atoms with Crippen LogP contribution in [0.5, 0.6) is 0 Å². The van der Waals surface area contributed by atoms with Gasteiger partial charge in [-0.25, -0.2) is 0 Å². The Bertz CT molecular complexity index is 358. The van der Waals surface area contributed by atoms with E-state index in [1.54, 1.807) is 0 Å². The molecule has 3 N–H and O–H groups in total. The largest absolute Gasteiger partial charge is 0.394 e. The number of nitro groups is 1. The van der Waals surface area contributed by atoms with Crippen molar-refractivity contribution < 1.29 is 10.0 Å². The van der Waals surface area contributed by atoms with Crippen LogP contribution in [0.2, 0.25) is 5.02 Å². The fraction of sp³-hybridized carbons (Fsp3) is 0.286. The van der Waals surface area contributed by atoms with Crippen molar-refractivity contribution in [3.05, 3.63) is 33.1 Å². The molecule has 0 aliphatic carbocycles. The Hall–Kier alpha value is -1.24. The van der Waals surface area contributed by atoms with Crippen molar-refractivity contribution in [1.29, 1.82) is 0 Å². The van der Waals surface area contributed by atoms with Gasteiger partial charge in [-0.2, -0.15) is 0 Å². The van der Waals surface area contributed by atoms with E-state index >= 15 is 0 Å². The number of hydrogen-bond donors (Lipinski definition) is 2. The van der Waals surface area contributed by atoms with Crippen LogP contribution in [0.25, 0.3) is 0 Å². The zero-order valence-corrected chi connectivity index (χ0v) is 7.81. The SMILES string of the molecule is N[C@H](CO)c1cncc([N+](=O)[O-])c1Cl. The number of pyridine rings is 1. The van der Waals surface area contributed by atoms with Gasteiger partial charge in [-0.3, -0.25) is 15.1 Å². The first-order valence-electron chi connectivity index (χ1n) is 3.72. The summed E-state index contributed by atoms with van der Waals surface area (Å²) in [7, 11) is 0. The van der Waals surface area contributed by atoms with Gasteiger partial charge in [-0.05, 0) is 0 Å². The molecule has 6 nitrogen and oxygen atoms in total. The number of hydrogen-bond acceptors (Lipinski definition) is 5. The lowest BCUT2D eigenvalue weighted by atomic mass is 10.1. The normalized spacial score (nSPS) is 12.5. The molecule has 1 atom stereocenters. The second-order valence-corrected chi connectivity index (χ2v) is 2.99. The molecule has 76 valence electrons. The Morgan fingerprint density at radius 2 is 2.36 bits per heavy atom. The first-order valence-corrected chi connectivity index (χ1v) is 4.10. The lowest BCUT2D eigenvalue weighted by Crippen LogP contribution is -2.15. The second kappa shape index (κ2) is 4.32. The number of aromatic nitrogens is 1. The van der Waals surface area contributed by atoms with Gasteiger partial charge < -0.3 is 10.8 Å². The van der Waals surface area contributed by atoms with Crippen molar-refractivity contribution in [2.24, 2.45) is 5.73 Å². The third-order valence-corrected chi connectivity index (χ3v) is 2.09. The van der Waals surface area contributed by atoms with Gasteiger partial charge in [0, 0.05) is 11.8 Å². The van der Waals surface area contributed by atoms with Gasteiger partial charge in [0.2, 0.25) is 0 Å². The maximum atomic E-state index is 10.5.